The molecule has 1 amide bonds. The highest BCUT2D eigenvalue weighted by Crippen LogP contribution is 2.35. The van der Waals surface area contributed by atoms with Crippen LogP contribution in [0.2, 0.25) is 0 Å². The third kappa shape index (κ3) is 3.10. The molecule has 2 heterocycles. The number of carbonyl (C=O) groups excluding carboxylic acids is 1. The number of nitrogens with zero attached hydrogens (tertiary/aromatic N) is 3. The number of amides is 1. The van der Waals surface area contributed by atoms with E-state index in [-0.39, 0.29) is 5.91 Å². The number of benzene rings is 1. The van der Waals surface area contributed by atoms with Gasteiger partial charge in [0.1, 0.15) is 0 Å². The molecule has 1 aliphatic carbocycles. The van der Waals surface area contributed by atoms with Crippen LogP contribution in [-0.4, -0.2) is 33.2 Å². The fraction of sp³-hybridized carbons (Fsp3) is 0.500. The normalized spacial score (nSPS) is 23.8. The molecular weight excluding hydrogens is 298 g/mol. The second-order valence-electron chi connectivity index (χ2n) is 7.15. The standard InChI is InChI=1S/C20H25N3O/c24-20(23-14-3-6-17-5-1-2-7-19(17)23)18-10-8-16(9-11-18)15-22-13-4-12-21-22/h4,8-13,17,19H,1-3,5-7,14-15H2/t17-,19-/m1/s1. The number of hydrogen-bond donors (Lipinski definition) is 0. The van der Waals surface area contributed by atoms with Crippen LogP contribution >= 0.6 is 0 Å². The van der Waals surface area contributed by atoms with Gasteiger partial charge in [-0.05, 0) is 55.4 Å². The SMILES string of the molecule is O=C(c1ccc(Cn2cccn2)cc1)N1CCC[C@H]2CCCC[C@H]21. The monoisotopic (exact) mass is 323 g/mol. The Labute approximate surface area is 143 Å². The van der Waals surface area contributed by atoms with E-state index in [9.17, 15) is 4.79 Å². The van der Waals surface area contributed by atoms with Gasteiger partial charge in [0.25, 0.3) is 5.91 Å². The van der Waals surface area contributed by atoms with Crippen LogP contribution < -0.4 is 0 Å². The van der Waals surface area contributed by atoms with Gasteiger partial charge in [-0.25, -0.2) is 0 Å². The van der Waals surface area contributed by atoms with Gasteiger partial charge in [-0.1, -0.05) is 25.0 Å². The highest BCUT2D eigenvalue weighted by molar-refractivity contribution is 5.94. The minimum absolute atomic E-state index is 0.220. The van der Waals surface area contributed by atoms with Crippen molar-refractivity contribution in [2.24, 2.45) is 5.92 Å². The minimum atomic E-state index is 0.220. The zero-order valence-electron chi connectivity index (χ0n) is 14.1. The highest BCUT2D eigenvalue weighted by atomic mass is 16.2. The maximum atomic E-state index is 13.0. The van der Waals surface area contributed by atoms with Gasteiger partial charge in [0, 0.05) is 30.5 Å². The summed E-state index contributed by atoms with van der Waals surface area (Å²) in [5.41, 5.74) is 2.00. The van der Waals surface area contributed by atoms with Gasteiger partial charge in [-0.3, -0.25) is 9.48 Å². The van der Waals surface area contributed by atoms with Crippen LogP contribution in [0.15, 0.2) is 42.7 Å². The van der Waals surface area contributed by atoms with Crippen molar-refractivity contribution in [3.05, 3.63) is 53.9 Å². The number of likely N-dealkylation sites (tertiary alicyclic amines) is 1. The molecule has 24 heavy (non-hydrogen) atoms. The first-order valence-corrected chi connectivity index (χ1v) is 9.18. The first kappa shape index (κ1) is 15.4. The topological polar surface area (TPSA) is 38.1 Å². The number of fused-ring (bicyclic) bond motifs is 1. The molecule has 0 unspecified atom stereocenters. The molecule has 2 fully saturated rings. The second kappa shape index (κ2) is 6.80. The number of hydrogen-bond acceptors (Lipinski definition) is 2. The molecule has 2 atom stereocenters. The Kier molecular flexibility index (Phi) is 4.37. The summed E-state index contributed by atoms with van der Waals surface area (Å²) >= 11 is 0. The Balaban J connectivity index is 1.47. The van der Waals surface area contributed by atoms with Gasteiger partial charge in [-0.2, -0.15) is 5.10 Å². The maximum absolute atomic E-state index is 13.0. The molecule has 2 aromatic rings. The molecule has 2 aliphatic rings. The summed E-state index contributed by atoms with van der Waals surface area (Å²) < 4.78 is 1.90. The summed E-state index contributed by atoms with van der Waals surface area (Å²) in [4.78, 5) is 15.2. The van der Waals surface area contributed by atoms with Gasteiger partial charge in [0.2, 0.25) is 0 Å². The van der Waals surface area contributed by atoms with E-state index >= 15 is 0 Å². The average molecular weight is 323 g/mol. The van der Waals surface area contributed by atoms with Crippen LogP contribution in [0.5, 0.6) is 0 Å². The zero-order chi connectivity index (χ0) is 16.4. The Morgan fingerprint density at radius 3 is 2.67 bits per heavy atom. The van der Waals surface area contributed by atoms with E-state index in [4.69, 9.17) is 0 Å². The van der Waals surface area contributed by atoms with Crippen molar-refractivity contribution in [1.82, 2.24) is 14.7 Å². The number of carbonyl (C=O) groups is 1. The second-order valence-corrected chi connectivity index (χ2v) is 7.15. The third-order valence-corrected chi connectivity index (χ3v) is 5.61. The third-order valence-electron chi connectivity index (χ3n) is 5.61. The van der Waals surface area contributed by atoms with Crippen molar-refractivity contribution in [3.63, 3.8) is 0 Å². The molecule has 1 saturated heterocycles. The van der Waals surface area contributed by atoms with Crippen molar-refractivity contribution in [1.29, 1.82) is 0 Å². The van der Waals surface area contributed by atoms with Gasteiger partial charge in [0.15, 0.2) is 0 Å². The molecule has 4 nitrogen and oxygen atoms in total. The molecule has 1 aromatic heterocycles. The van der Waals surface area contributed by atoms with Crippen LogP contribution in [0, 0.1) is 5.92 Å². The molecule has 4 heteroatoms. The number of rotatable bonds is 3. The summed E-state index contributed by atoms with van der Waals surface area (Å²) in [6, 6.07) is 10.5. The summed E-state index contributed by atoms with van der Waals surface area (Å²) in [6.07, 6.45) is 11.3. The highest BCUT2D eigenvalue weighted by Gasteiger charge is 2.35. The Morgan fingerprint density at radius 1 is 1.08 bits per heavy atom. The van der Waals surface area contributed by atoms with Crippen molar-refractivity contribution in [2.75, 3.05) is 6.54 Å². The molecule has 1 saturated carbocycles. The van der Waals surface area contributed by atoms with Crippen LogP contribution in [0.25, 0.3) is 0 Å². The predicted octanol–water partition coefficient (Wildman–Crippen LogP) is 3.73. The van der Waals surface area contributed by atoms with E-state index in [1.54, 1.807) is 6.20 Å². The van der Waals surface area contributed by atoms with E-state index in [0.717, 1.165) is 31.0 Å². The predicted molar refractivity (Wildman–Crippen MR) is 93.8 cm³/mol. The van der Waals surface area contributed by atoms with E-state index in [2.05, 4.69) is 22.1 Å². The smallest absolute Gasteiger partial charge is 0.254 e. The van der Waals surface area contributed by atoms with Gasteiger partial charge < -0.3 is 4.90 Å². The quantitative estimate of drug-likeness (QED) is 0.863. The Morgan fingerprint density at radius 2 is 1.88 bits per heavy atom. The lowest BCUT2D eigenvalue weighted by atomic mass is 9.78. The lowest BCUT2D eigenvalue weighted by molar-refractivity contribution is 0.0390. The minimum Gasteiger partial charge on any atom is -0.335 e. The van der Waals surface area contributed by atoms with Crippen molar-refractivity contribution >= 4 is 5.91 Å². The lowest BCUT2D eigenvalue weighted by Gasteiger charge is -2.44. The fourth-order valence-electron chi connectivity index (χ4n) is 4.38. The van der Waals surface area contributed by atoms with Crippen molar-refractivity contribution in [3.8, 4) is 0 Å². The van der Waals surface area contributed by atoms with Gasteiger partial charge in [0.05, 0.1) is 6.54 Å². The fourth-order valence-corrected chi connectivity index (χ4v) is 4.38. The van der Waals surface area contributed by atoms with E-state index in [1.807, 2.05) is 29.1 Å². The molecule has 0 radical (unpaired) electrons. The van der Waals surface area contributed by atoms with Crippen LogP contribution in [0.1, 0.15) is 54.4 Å². The molecule has 1 aromatic carbocycles. The number of piperidine rings is 1. The molecule has 0 N–H and O–H groups in total. The molecule has 0 bridgehead atoms. The first-order valence-electron chi connectivity index (χ1n) is 9.18. The summed E-state index contributed by atoms with van der Waals surface area (Å²) in [5, 5.41) is 4.23. The molecule has 0 spiro atoms. The largest absolute Gasteiger partial charge is 0.335 e. The Hall–Kier alpha value is -2.10. The van der Waals surface area contributed by atoms with Gasteiger partial charge >= 0.3 is 0 Å². The van der Waals surface area contributed by atoms with E-state index in [0.29, 0.717) is 6.04 Å². The van der Waals surface area contributed by atoms with Crippen molar-refractivity contribution < 1.29 is 4.79 Å². The summed E-state index contributed by atoms with van der Waals surface area (Å²) in [5.74, 6) is 0.952. The molecule has 4 rings (SSSR count). The average Bonchev–Trinajstić information content (AvgIpc) is 3.14. The van der Waals surface area contributed by atoms with Gasteiger partial charge in [-0.15, -0.1) is 0 Å². The molecular formula is C20H25N3O. The lowest BCUT2D eigenvalue weighted by Crippen LogP contribution is -2.49. The molecule has 1 aliphatic heterocycles. The van der Waals surface area contributed by atoms with E-state index < -0.39 is 0 Å². The zero-order valence-corrected chi connectivity index (χ0v) is 14.1. The summed E-state index contributed by atoms with van der Waals surface area (Å²) in [7, 11) is 0. The summed E-state index contributed by atoms with van der Waals surface area (Å²) in [6.45, 7) is 1.67. The molecule has 126 valence electrons. The van der Waals surface area contributed by atoms with E-state index in [1.165, 1.54) is 37.7 Å². The van der Waals surface area contributed by atoms with Crippen LogP contribution in [0.4, 0.5) is 0 Å². The van der Waals surface area contributed by atoms with Crippen LogP contribution in [-0.2, 0) is 6.54 Å². The maximum Gasteiger partial charge on any atom is 0.254 e. The Bertz CT molecular complexity index is 675. The van der Waals surface area contributed by atoms with Crippen molar-refractivity contribution in [2.45, 2.75) is 51.1 Å². The first-order chi connectivity index (χ1) is 11.8. The number of aromatic nitrogens is 2. The van der Waals surface area contributed by atoms with Crippen LogP contribution in [0.3, 0.4) is 0 Å².